The Balaban J connectivity index is 2.01. The minimum Gasteiger partial charge on any atom is -0.338 e. The molecule has 138 valence electrons. The molecular formula is C25H19I2N. The Kier molecular flexibility index (Phi) is 4.62. The second kappa shape index (κ2) is 7.02. The van der Waals surface area contributed by atoms with Crippen LogP contribution in [0.1, 0.15) is 22.4 Å². The predicted molar refractivity (Wildman–Crippen MR) is 135 cm³/mol. The SMILES string of the molecule is Cc1c2n(c3ccccc13)CC(I)=C(I)C2(c1ccccc1)c1ccccc1. The van der Waals surface area contributed by atoms with Crippen LogP contribution in [0.2, 0.25) is 0 Å². The fourth-order valence-corrected chi connectivity index (χ4v) is 6.50. The number of halogens is 2. The van der Waals surface area contributed by atoms with E-state index in [0.29, 0.717) is 0 Å². The molecule has 0 saturated heterocycles. The molecule has 0 saturated carbocycles. The lowest BCUT2D eigenvalue weighted by atomic mass is 9.69. The van der Waals surface area contributed by atoms with Crippen LogP contribution >= 0.6 is 45.2 Å². The minimum absolute atomic E-state index is 0.291. The molecule has 0 N–H and O–H groups in total. The standard InChI is InChI=1S/C25H19I2N/c1-17-20-14-8-9-15-22(20)28-16-21(26)23(27)25(24(17)28,18-10-4-2-5-11-18)19-12-6-3-7-13-19/h2-15H,16H2,1H3. The van der Waals surface area contributed by atoms with Crippen LogP contribution in [-0.2, 0) is 12.0 Å². The average Bonchev–Trinajstić information content (AvgIpc) is 3.03. The molecule has 0 aliphatic carbocycles. The van der Waals surface area contributed by atoms with Gasteiger partial charge >= 0.3 is 0 Å². The highest BCUT2D eigenvalue weighted by Crippen LogP contribution is 2.55. The number of rotatable bonds is 2. The van der Waals surface area contributed by atoms with E-state index < -0.39 is 0 Å². The van der Waals surface area contributed by atoms with Crippen molar-refractivity contribution < 1.29 is 0 Å². The Labute approximate surface area is 192 Å². The number of para-hydroxylation sites is 1. The number of fused-ring (bicyclic) bond motifs is 3. The van der Waals surface area contributed by atoms with Gasteiger partial charge in [-0.25, -0.2) is 0 Å². The van der Waals surface area contributed by atoms with Crippen molar-refractivity contribution in [1.29, 1.82) is 0 Å². The molecule has 1 nitrogen and oxygen atoms in total. The number of nitrogens with zero attached hydrogens (tertiary/aromatic N) is 1. The van der Waals surface area contributed by atoms with Crippen LogP contribution in [0.3, 0.4) is 0 Å². The molecule has 0 radical (unpaired) electrons. The first kappa shape index (κ1) is 18.4. The van der Waals surface area contributed by atoms with Crippen LogP contribution in [0.4, 0.5) is 0 Å². The molecule has 0 amide bonds. The summed E-state index contributed by atoms with van der Waals surface area (Å²) in [6, 6.07) is 30.8. The zero-order valence-corrected chi connectivity index (χ0v) is 19.8. The van der Waals surface area contributed by atoms with E-state index in [9.17, 15) is 0 Å². The van der Waals surface area contributed by atoms with Crippen molar-refractivity contribution in [2.45, 2.75) is 18.9 Å². The molecule has 0 fully saturated rings. The molecule has 5 rings (SSSR count). The third-order valence-electron chi connectivity index (χ3n) is 5.86. The quantitative estimate of drug-likeness (QED) is 0.216. The smallest absolute Gasteiger partial charge is 0.0921 e. The fraction of sp³-hybridized carbons (Fsp3) is 0.120. The third kappa shape index (κ3) is 2.48. The van der Waals surface area contributed by atoms with Gasteiger partial charge in [0.05, 0.1) is 12.0 Å². The van der Waals surface area contributed by atoms with Crippen molar-refractivity contribution >= 4 is 56.1 Å². The summed E-state index contributed by atoms with van der Waals surface area (Å²) in [6.45, 7) is 3.22. The average molecular weight is 587 g/mol. The summed E-state index contributed by atoms with van der Waals surface area (Å²) in [6.07, 6.45) is 0. The lowest BCUT2D eigenvalue weighted by Gasteiger charge is -2.41. The molecule has 0 spiro atoms. The summed E-state index contributed by atoms with van der Waals surface area (Å²) in [5.41, 5.74) is 6.46. The summed E-state index contributed by atoms with van der Waals surface area (Å²) in [5.74, 6) is 0. The van der Waals surface area contributed by atoms with Gasteiger partial charge in [0.15, 0.2) is 0 Å². The van der Waals surface area contributed by atoms with Gasteiger partial charge in [0.1, 0.15) is 0 Å². The van der Waals surface area contributed by atoms with E-state index in [4.69, 9.17) is 0 Å². The molecule has 28 heavy (non-hydrogen) atoms. The summed E-state index contributed by atoms with van der Waals surface area (Å²) >= 11 is 5.15. The molecule has 1 aliphatic heterocycles. The molecule has 0 atom stereocenters. The zero-order valence-electron chi connectivity index (χ0n) is 15.5. The van der Waals surface area contributed by atoms with E-state index in [2.05, 4.69) is 142 Å². The van der Waals surface area contributed by atoms with E-state index >= 15 is 0 Å². The lowest BCUT2D eigenvalue weighted by Crippen LogP contribution is -2.36. The number of hydrogen-bond acceptors (Lipinski definition) is 0. The van der Waals surface area contributed by atoms with Gasteiger partial charge < -0.3 is 4.57 Å². The molecular weight excluding hydrogens is 568 g/mol. The van der Waals surface area contributed by atoms with Crippen LogP contribution in [0.15, 0.2) is 92.1 Å². The maximum atomic E-state index is 2.60. The minimum atomic E-state index is -0.291. The van der Waals surface area contributed by atoms with Gasteiger partial charge in [0, 0.05) is 23.8 Å². The van der Waals surface area contributed by atoms with Gasteiger partial charge in [-0.3, -0.25) is 0 Å². The van der Waals surface area contributed by atoms with Crippen LogP contribution in [0.25, 0.3) is 10.9 Å². The zero-order chi connectivity index (χ0) is 19.3. The van der Waals surface area contributed by atoms with Crippen molar-refractivity contribution in [3.63, 3.8) is 0 Å². The second-order valence-corrected chi connectivity index (χ2v) is 9.66. The number of hydrogen-bond donors (Lipinski definition) is 0. The van der Waals surface area contributed by atoms with Gasteiger partial charge in [0.25, 0.3) is 0 Å². The Bertz CT molecular complexity index is 1160. The highest BCUT2D eigenvalue weighted by atomic mass is 127. The van der Waals surface area contributed by atoms with Crippen LogP contribution < -0.4 is 0 Å². The largest absolute Gasteiger partial charge is 0.338 e. The summed E-state index contributed by atoms with van der Waals surface area (Å²) < 4.78 is 5.34. The highest BCUT2D eigenvalue weighted by Gasteiger charge is 2.46. The second-order valence-electron chi connectivity index (χ2n) is 7.28. The molecule has 4 aromatic rings. The molecule has 1 aliphatic rings. The number of allylic oxidation sites excluding steroid dienone is 2. The maximum absolute atomic E-state index is 2.60. The topological polar surface area (TPSA) is 4.93 Å². The predicted octanol–water partition coefficient (Wildman–Crippen LogP) is 7.38. The van der Waals surface area contributed by atoms with E-state index in [1.165, 1.54) is 40.4 Å². The van der Waals surface area contributed by atoms with Crippen molar-refractivity contribution in [2.24, 2.45) is 0 Å². The summed E-state index contributed by atoms with van der Waals surface area (Å²) in [7, 11) is 0. The molecule has 3 aromatic carbocycles. The third-order valence-corrected chi connectivity index (χ3v) is 9.23. The van der Waals surface area contributed by atoms with Gasteiger partial charge in [0.2, 0.25) is 0 Å². The molecule has 3 heteroatoms. The van der Waals surface area contributed by atoms with Crippen molar-refractivity contribution in [3.05, 3.63) is 114 Å². The summed E-state index contributed by atoms with van der Waals surface area (Å²) in [5, 5.41) is 1.35. The maximum Gasteiger partial charge on any atom is 0.0921 e. The fourth-order valence-electron chi connectivity index (χ4n) is 4.71. The number of aromatic nitrogens is 1. The Morgan fingerprint density at radius 2 is 1.29 bits per heavy atom. The Morgan fingerprint density at radius 1 is 0.750 bits per heavy atom. The normalized spacial score (nSPS) is 15.7. The van der Waals surface area contributed by atoms with E-state index in [1.54, 1.807) is 0 Å². The van der Waals surface area contributed by atoms with Crippen molar-refractivity contribution in [1.82, 2.24) is 4.57 Å². The molecule has 2 heterocycles. The van der Waals surface area contributed by atoms with Gasteiger partial charge in [-0.2, -0.15) is 0 Å². The molecule has 0 unspecified atom stereocenters. The van der Waals surface area contributed by atoms with Gasteiger partial charge in [-0.05, 0) is 74.9 Å². The monoisotopic (exact) mass is 587 g/mol. The lowest BCUT2D eigenvalue weighted by molar-refractivity contribution is 0.629. The Morgan fingerprint density at radius 3 is 1.89 bits per heavy atom. The van der Waals surface area contributed by atoms with Gasteiger partial charge in [-0.1, -0.05) is 78.9 Å². The number of aryl methyl sites for hydroxylation is 1. The highest BCUT2D eigenvalue weighted by molar-refractivity contribution is 14.1. The van der Waals surface area contributed by atoms with E-state index in [-0.39, 0.29) is 5.41 Å². The molecule has 0 bridgehead atoms. The van der Waals surface area contributed by atoms with E-state index in [1.807, 2.05) is 0 Å². The van der Waals surface area contributed by atoms with Crippen molar-refractivity contribution in [3.8, 4) is 0 Å². The summed E-state index contributed by atoms with van der Waals surface area (Å²) in [4.78, 5) is 0. The first-order valence-corrected chi connectivity index (χ1v) is 11.6. The van der Waals surface area contributed by atoms with Gasteiger partial charge in [-0.15, -0.1) is 0 Å². The first-order chi connectivity index (χ1) is 13.7. The first-order valence-electron chi connectivity index (χ1n) is 9.39. The van der Waals surface area contributed by atoms with Crippen LogP contribution in [0, 0.1) is 6.92 Å². The van der Waals surface area contributed by atoms with E-state index in [0.717, 1.165) is 6.54 Å². The van der Waals surface area contributed by atoms with Crippen LogP contribution in [0.5, 0.6) is 0 Å². The Hall–Kier alpha value is -1.60. The number of benzene rings is 3. The molecule has 1 aromatic heterocycles. The van der Waals surface area contributed by atoms with Crippen LogP contribution in [-0.4, -0.2) is 4.57 Å². The van der Waals surface area contributed by atoms with Crippen molar-refractivity contribution in [2.75, 3.05) is 0 Å².